The lowest BCUT2D eigenvalue weighted by atomic mass is 10.1. The molecule has 0 spiro atoms. The zero-order chi connectivity index (χ0) is 13.4. The minimum absolute atomic E-state index is 0.602. The van der Waals surface area contributed by atoms with Crippen molar-refractivity contribution in [2.75, 3.05) is 5.73 Å². The van der Waals surface area contributed by atoms with Crippen LogP contribution in [0.2, 0.25) is 5.02 Å². The van der Waals surface area contributed by atoms with E-state index in [2.05, 4.69) is 9.97 Å². The van der Waals surface area contributed by atoms with Gasteiger partial charge in [0.05, 0.1) is 10.6 Å². The third-order valence-electron chi connectivity index (χ3n) is 3.09. The second-order valence-corrected chi connectivity index (χ2v) is 4.64. The highest BCUT2D eigenvalue weighted by Crippen LogP contribution is 2.34. The lowest BCUT2D eigenvalue weighted by molar-refractivity contribution is 0.787. The number of nitrogens with zero attached hydrogens (tertiary/aromatic N) is 3. The van der Waals surface area contributed by atoms with Crippen molar-refractivity contribution in [3.63, 3.8) is 0 Å². The van der Waals surface area contributed by atoms with Gasteiger partial charge in [0.25, 0.3) is 0 Å². The Bertz CT molecular complexity index is 728. The summed E-state index contributed by atoms with van der Waals surface area (Å²) in [5, 5.41) is 0.602. The molecule has 0 atom stereocenters. The van der Waals surface area contributed by atoms with E-state index in [0.29, 0.717) is 10.7 Å². The third kappa shape index (κ3) is 1.85. The Labute approximate surface area is 115 Å². The van der Waals surface area contributed by atoms with Crippen LogP contribution in [0.5, 0.6) is 0 Å². The number of benzene rings is 1. The summed E-state index contributed by atoms with van der Waals surface area (Å²) in [6, 6.07) is 9.28. The van der Waals surface area contributed by atoms with Crippen LogP contribution in [-0.4, -0.2) is 14.5 Å². The summed E-state index contributed by atoms with van der Waals surface area (Å²) in [4.78, 5) is 8.99. The number of aromatic nitrogens is 3. The molecule has 3 aromatic rings. The maximum Gasteiger partial charge on any atom is 0.160 e. The molecule has 2 N–H and O–H groups in total. The molecule has 2 aromatic heterocycles. The molecule has 0 fully saturated rings. The highest BCUT2D eigenvalue weighted by molar-refractivity contribution is 6.33. The van der Waals surface area contributed by atoms with E-state index in [9.17, 15) is 0 Å². The topological polar surface area (TPSA) is 56.7 Å². The van der Waals surface area contributed by atoms with Gasteiger partial charge in [-0.05, 0) is 31.2 Å². The number of hydrogen-bond acceptors (Lipinski definition) is 3. The number of nitrogens with two attached hydrogens (primary N) is 1. The van der Waals surface area contributed by atoms with Gasteiger partial charge in [-0.1, -0.05) is 17.7 Å². The fraction of sp³-hybridized carbons (Fsp3) is 0.143. The Kier molecular flexibility index (Phi) is 2.87. The van der Waals surface area contributed by atoms with Crippen molar-refractivity contribution in [2.24, 2.45) is 0 Å². The van der Waals surface area contributed by atoms with E-state index in [-0.39, 0.29) is 0 Å². The highest BCUT2D eigenvalue weighted by Gasteiger charge is 2.16. The van der Waals surface area contributed by atoms with Gasteiger partial charge in [0.15, 0.2) is 5.65 Å². The molecule has 3 rings (SSSR count). The molecule has 0 amide bonds. The van der Waals surface area contributed by atoms with Crippen LogP contribution >= 0.6 is 11.6 Å². The van der Waals surface area contributed by atoms with Gasteiger partial charge >= 0.3 is 0 Å². The molecule has 0 bridgehead atoms. The number of pyridine rings is 1. The van der Waals surface area contributed by atoms with Gasteiger partial charge in [-0.25, -0.2) is 9.97 Å². The summed E-state index contributed by atoms with van der Waals surface area (Å²) >= 11 is 6.27. The van der Waals surface area contributed by atoms with E-state index in [0.717, 1.165) is 29.1 Å². The summed E-state index contributed by atoms with van der Waals surface area (Å²) in [6.07, 6.45) is 1.76. The Hall–Kier alpha value is -2.07. The lowest BCUT2D eigenvalue weighted by Crippen LogP contribution is -2.01. The summed E-state index contributed by atoms with van der Waals surface area (Å²) in [5.74, 6) is 0.763. The van der Waals surface area contributed by atoms with Gasteiger partial charge in [-0.15, -0.1) is 0 Å². The Balaban J connectivity index is 2.37. The van der Waals surface area contributed by atoms with Crippen LogP contribution in [0.3, 0.4) is 0 Å². The van der Waals surface area contributed by atoms with Crippen molar-refractivity contribution in [1.82, 2.24) is 14.5 Å². The van der Waals surface area contributed by atoms with Gasteiger partial charge in [0, 0.05) is 18.4 Å². The van der Waals surface area contributed by atoms with Gasteiger partial charge in [0.1, 0.15) is 11.3 Å². The average molecular weight is 273 g/mol. The van der Waals surface area contributed by atoms with E-state index in [1.54, 1.807) is 6.20 Å². The Morgan fingerprint density at radius 1 is 1.26 bits per heavy atom. The minimum Gasteiger partial charge on any atom is -0.398 e. The van der Waals surface area contributed by atoms with E-state index >= 15 is 0 Å². The van der Waals surface area contributed by atoms with Crippen molar-refractivity contribution in [1.29, 1.82) is 0 Å². The fourth-order valence-electron chi connectivity index (χ4n) is 2.23. The molecule has 4 nitrogen and oxygen atoms in total. The van der Waals surface area contributed by atoms with Crippen molar-refractivity contribution < 1.29 is 0 Å². The summed E-state index contributed by atoms with van der Waals surface area (Å²) in [7, 11) is 0. The van der Waals surface area contributed by atoms with Crippen molar-refractivity contribution >= 4 is 28.5 Å². The first kappa shape index (κ1) is 12.0. The molecule has 2 heterocycles. The van der Waals surface area contributed by atoms with Crippen LogP contribution in [-0.2, 0) is 6.54 Å². The number of aryl methyl sites for hydroxylation is 1. The number of halogens is 1. The van der Waals surface area contributed by atoms with E-state index in [4.69, 9.17) is 17.3 Å². The number of fused-ring (bicyclic) bond motifs is 1. The van der Waals surface area contributed by atoms with E-state index in [1.807, 2.05) is 41.8 Å². The first-order valence-corrected chi connectivity index (χ1v) is 6.45. The molecule has 0 unspecified atom stereocenters. The summed E-state index contributed by atoms with van der Waals surface area (Å²) < 4.78 is 2.02. The molecule has 0 saturated carbocycles. The predicted octanol–water partition coefficient (Wildman–Crippen LogP) is 3.35. The van der Waals surface area contributed by atoms with Crippen LogP contribution in [0.1, 0.15) is 6.92 Å². The summed E-state index contributed by atoms with van der Waals surface area (Å²) in [5.41, 5.74) is 9.12. The maximum absolute atomic E-state index is 6.27. The van der Waals surface area contributed by atoms with Crippen molar-refractivity contribution in [3.05, 3.63) is 41.6 Å². The number of anilines is 1. The summed E-state index contributed by atoms with van der Waals surface area (Å²) in [6.45, 7) is 2.81. The van der Waals surface area contributed by atoms with Gasteiger partial charge in [-0.2, -0.15) is 0 Å². The zero-order valence-corrected chi connectivity index (χ0v) is 11.2. The maximum atomic E-state index is 6.27. The van der Waals surface area contributed by atoms with Crippen LogP contribution in [0.25, 0.3) is 22.6 Å². The van der Waals surface area contributed by atoms with Crippen molar-refractivity contribution in [2.45, 2.75) is 13.5 Å². The SMILES string of the molecule is CCn1c(-c2c(N)cccc2Cl)nc2cccnc21. The lowest BCUT2D eigenvalue weighted by Gasteiger charge is -2.09. The zero-order valence-electron chi connectivity index (χ0n) is 10.5. The van der Waals surface area contributed by atoms with Gasteiger partial charge < -0.3 is 10.3 Å². The smallest absolute Gasteiger partial charge is 0.160 e. The normalized spacial score (nSPS) is 11.1. The van der Waals surface area contributed by atoms with Crippen LogP contribution in [0, 0.1) is 0 Å². The van der Waals surface area contributed by atoms with Crippen molar-refractivity contribution in [3.8, 4) is 11.4 Å². The molecular weight excluding hydrogens is 260 g/mol. The predicted molar refractivity (Wildman–Crippen MR) is 78.1 cm³/mol. The number of hydrogen-bond donors (Lipinski definition) is 1. The standard InChI is InChI=1S/C14H13ClN4/c1-2-19-13-11(7-4-8-17-13)18-14(19)12-9(15)5-3-6-10(12)16/h3-8H,2,16H2,1H3. The highest BCUT2D eigenvalue weighted by atomic mass is 35.5. The molecular formula is C14H13ClN4. The first-order valence-electron chi connectivity index (χ1n) is 6.08. The Morgan fingerprint density at radius 2 is 2.11 bits per heavy atom. The number of imidazole rings is 1. The fourth-order valence-corrected chi connectivity index (χ4v) is 2.49. The minimum atomic E-state index is 0.602. The quantitative estimate of drug-likeness (QED) is 0.728. The molecule has 0 aliphatic rings. The van der Waals surface area contributed by atoms with Gasteiger partial charge in [0.2, 0.25) is 0 Å². The van der Waals surface area contributed by atoms with Crippen LogP contribution < -0.4 is 5.73 Å². The molecule has 0 radical (unpaired) electrons. The molecule has 0 aliphatic heterocycles. The largest absolute Gasteiger partial charge is 0.398 e. The Morgan fingerprint density at radius 3 is 2.84 bits per heavy atom. The number of rotatable bonds is 2. The third-order valence-corrected chi connectivity index (χ3v) is 3.40. The molecule has 0 aliphatic carbocycles. The molecule has 96 valence electrons. The van der Waals surface area contributed by atoms with E-state index in [1.165, 1.54) is 0 Å². The van der Waals surface area contributed by atoms with Crippen LogP contribution in [0.4, 0.5) is 5.69 Å². The second kappa shape index (κ2) is 4.55. The van der Waals surface area contributed by atoms with Crippen LogP contribution in [0.15, 0.2) is 36.5 Å². The van der Waals surface area contributed by atoms with E-state index < -0.39 is 0 Å². The molecule has 1 aromatic carbocycles. The molecule has 0 saturated heterocycles. The second-order valence-electron chi connectivity index (χ2n) is 4.23. The number of nitrogen functional groups attached to an aromatic ring is 1. The molecule has 5 heteroatoms. The molecule has 19 heavy (non-hydrogen) atoms. The average Bonchev–Trinajstić information content (AvgIpc) is 2.76. The van der Waals surface area contributed by atoms with Gasteiger partial charge in [-0.3, -0.25) is 0 Å². The monoisotopic (exact) mass is 272 g/mol. The first-order chi connectivity index (χ1) is 9.22.